The molecule has 2 aromatic carbocycles. The molecule has 4 nitrogen and oxygen atoms in total. The monoisotopic (exact) mass is 386 g/mol. The number of methoxy groups -OCH3 is 1. The molecular formula is C25H26N2O2. The molecule has 0 unspecified atom stereocenters. The van der Waals surface area contributed by atoms with Gasteiger partial charge in [0.25, 0.3) is 0 Å². The lowest BCUT2D eigenvalue weighted by molar-refractivity contribution is 0.117. The Kier molecular flexibility index (Phi) is 4.72. The summed E-state index contributed by atoms with van der Waals surface area (Å²) in [4.78, 5) is 6.97. The molecule has 2 aliphatic rings. The van der Waals surface area contributed by atoms with E-state index in [2.05, 4.69) is 47.1 Å². The van der Waals surface area contributed by atoms with Gasteiger partial charge in [0.2, 0.25) is 0 Å². The topological polar surface area (TPSA) is 34.6 Å². The Morgan fingerprint density at radius 3 is 2.72 bits per heavy atom. The van der Waals surface area contributed by atoms with Gasteiger partial charge in [0.1, 0.15) is 6.61 Å². The van der Waals surface area contributed by atoms with Crippen LogP contribution in [0.1, 0.15) is 46.8 Å². The highest BCUT2D eigenvalue weighted by molar-refractivity contribution is 5.51. The van der Waals surface area contributed by atoms with Crippen molar-refractivity contribution in [3.63, 3.8) is 0 Å². The molecule has 0 spiro atoms. The van der Waals surface area contributed by atoms with Gasteiger partial charge in [0.05, 0.1) is 7.11 Å². The number of hydrogen-bond acceptors (Lipinski definition) is 4. The number of hydrogen-bond donors (Lipinski definition) is 0. The van der Waals surface area contributed by atoms with Crippen molar-refractivity contribution in [1.29, 1.82) is 0 Å². The van der Waals surface area contributed by atoms with Crippen LogP contribution in [0.4, 0.5) is 0 Å². The van der Waals surface area contributed by atoms with Crippen molar-refractivity contribution in [3.8, 4) is 11.5 Å². The first-order valence-electron chi connectivity index (χ1n) is 10.3. The lowest BCUT2D eigenvalue weighted by Gasteiger charge is -2.45. The van der Waals surface area contributed by atoms with Gasteiger partial charge in [0, 0.05) is 31.0 Å². The molecule has 0 saturated carbocycles. The zero-order chi connectivity index (χ0) is 19.8. The predicted molar refractivity (Wildman–Crippen MR) is 113 cm³/mol. The van der Waals surface area contributed by atoms with Crippen molar-refractivity contribution in [2.45, 2.75) is 38.5 Å². The van der Waals surface area contributed by atoms with Crippen LogP contribution >= 0.6 is 0 Å². The van der Waals surface area contributed by atoms with E-state index in [-0.39, 0.29) is 0 Å². The molecular weight excluding hydrogens is 360 g/mol. The maximum atomic E-state index is 6.20. The SMILES string of the molecule is COc1cc2c(cc1OCc1ccccc1)[C@@H]1Cc3ccncc3[C@H](C)N1CC2. The summed E-state index contributed by atoms with van der Waals surface area (Å²) in [7, 11) is 1.72. The third kappa shape index (κ3) is 3.28. The van der Waals surface area contributed by atoms with Gasteiger partial charge in [-0.05, 0) is 65.8 Å². The molecule has 0 saturated heterocycles. The van der Waals surface area contributed by atoms with Crippen LogP contribution in [0.3, 0.4) is 0 Å². The molecule has 3 heterocycles. The molecule has 148 valence electrons. The summed E-state index contributed by atoms with van der Waals surface area (Å²) in [5.41, 5.74) is 6.67. The van der Waals surface area contributed by atoms with E-state index in [1.807, 2.05) is 30.6 Å². The van der Waals surface area contributed by atoms with Gasteiger partial charge in [-0.25, -0.2) is 0 Å². The molecule has 2 atom stereocenters. The lowest BCUT2D eigenvalue weighted by atomic mass is 9.81. The van der Waals surface area contributed by atoms with Crippen molar-refractivity contribution in [2.24, 2.45) is 0 Å². The van der Waals surface area contributed by atoms with Crippen LogP contribution in [0.5, 0.6) is 11.5 Å². The van der Waals surface area contributed by atoms with Crippen LogP contribution < -0.4 is 9.47 Å². The average molecular weight is 386 g/mol. The van der Waals surface area contributed by atoms with Crippen molar-refractivity contribution in [2.75, 3.05) is 13.7 Å². The Labute approximate surface area is 172 Å². The van der Waals surface area contributed by atoms with Gasteiger partial charge in [-0.2, -0.15) is 0 Å². The highest BCUT2D eigenvalue weighted by Crippen LogP contribution is 2.46. The zero-order valence-electron chi connectivity index (χ0n) is 17.0. The van der Waals surface area contributed by atoms with Crippen molar-refractivity contribution in [3.05, 3.63) is 88.7 Å². The highest BCUT2D eigenvalue weighted by atomic mass is 16.5. The first-order valence-corrected chi connectivity index (χ1v) is 10.3. The second kappa shape index (κ2) is 7.53. The number of fused-ring (bicyclic) bond motifs is 4. The van der Waals surface area contributed by atoms with E-state index in [4.69, 9.17) is 9.47 Å². The summed E-state index contributed by atoms with van der Waals surface area (Å²) >= 11 is 0. The second-order valence-electron chi connectivity index (χ2n) is 7.93. The fourth-order valence-corrected chi connectivity index (χ4v) is 4.81. The van der Waals surface area contributed by atoms with Crippen LogP contribution in [-0.4, -0.2) is 23.5 Å². The number of pyridine rings is 1. The Morgan fingerprint density at radius 1 is 1.03 bits per heavy atom. The van der Waals surface area contributed by atoms with Crippen LogP contribution in [0.2, 0.25) is 0 Å². The third-order valence-electron chi connectivity index (χ3n) is 6.37. The summed E-state index contributed by atoms with van der Waals surface area (Å²) in [5, 5.41) is 0. The standard InChI is InChI=1S/C25H26N2O2/c1-17-22-15-26-10-8-19(22)12-23-21-14-25(29-16-18-6-4-3-5-7-18)24(28-2)13-20(21)9-11-27(17)23/h3-8,10,13-15,17,23H,9,11-12,16H2,1-2H3/t17-,23-/m0/s1. The van der Waals surface area contributed by atoms with Crippen LogP contribution in [0.25, 0.3) is 0 Å². The Bertz CT molecular complexity index is 1020. The molecule has 0 amide bonds. The molecule has 2 aliphatic heterocycles. The zero-order valence-corrected chi connectivity index (χ0v) is 17.0. The van der Waals surface area contributed by atoms with Gasteiger partial charge in [-0.3, -0.25) is 9.88 Å². The molecule has 4 heteroatoms. The van der Waals surface area contributed by atoms with Crippen LogP contribution in [0.15, 0.2) is 60.9 Å². The van der Waals surface area contributed by atoms with E-state index in [1.54, 1.807) is 7.11 Å². The second-order valence-corrected chi connectivity index (χ2v) is 7.93. The molecule has 0 fully saturated rings. The maximum absolute atomic E-state index is 6.20. The quantitative estimate of drug-likeness (QED) is 0.640. The highest BCUT2D eigenvalue weighted by Gasteiger charge is 2.37. The summed E-state index contributed by atoms with van der Waals surface area (Å²) in [6.07, 6.45) is 5.99. The van der Waals surface area contributed by atoms with E-state index < -0.39 is 0 Å². The lowest BCUT2D eigenvalue weighted by Crippen LogP contribution is -2.41. The number of nitrogens with zero attached hydrogens (tertiary/aromatic N) is 2. The first-order chi connectivity index (χ1) is 14.2. The van der Waals surface area contributed by atoms with E-state index in [0.29, 0.717) is 18.7 Å². The van der Waals surface area contributed by atoms with E-state index in [0.717, 1.165) is 36.4 Å². The summed E-state index contributed by atoms with van der Waals surface area (Å²) < 4.78 is 11.9. The van der Waals surface area contributed by atoms with E-state index in [1.165, 1.54) is 22.3 Å². The molecule has 0 N–H and O–H groups in total. The number of ether oxygens (including phenoxy) is 2. The molecule has 1 aromatic heterocycles. The Balaban J connectivity index is 1.49. The predicted octanol–water partition coefficient (Wildman–Crippen LogP) is 4.89. The minimum atomic E-state index is 0.369. The fourth-order valence-electron chi connectivity index (χ4n) is 4.81. The fraction of sp³-hybridized carbons (Fsp3) is 0.320. The largest absolute Gasteiger partial charge is 0.493 e. The average Bonchev–Trinajstić information content (AvgIpc) is 2.78. The van der Waals surface area contributed by atoms with E-state index >= 15 is 0 Å². The smallest absolute Gasteiger partial charge is 0.162 e. The number of rotatable bonds is 4. The van der Waals surface area contributed by atoms with Gasteiger partial charge in [-0.1, -0.05) is 30.3 Å². The molecule has 0 radical (unpaired) electrons. The summed E-state index contributed by atoms with van der Waals surface area (Å²) in [5.74, 6) is 1.65. The summed E-state index contributed by atoms with van der Waals surface area (Å²) in [6, 6.07) is 17.6. The Morgan fingerprint density at radius 2 is 1.90 bits per heavy atom. The van der Waals surface area contributed by atoms with Gasteiger partial charge in [-0.15, -0.1) is 0 Å². The Hall–Kier alpha value is -2.85. The molecule has 3 aromatic rings. The van der Waals surface area contributed by atoms with Gasteiger partial charge < -0.3 is 9.47 Å². The van der Waals surface area contributed by atoms with Crippen LogP contribution in [-0.2, 0) is 19.4 Å². The van der Waals surface area contributed by atoms with Gasteiger partial charge in [0.15, 0.2) is 11.5 Å². The first kappa shape index (κ1) is 18.2. The summed E-state index contributed by atoms with van der Waals surface area (Å²) in [6.45, 7) is 3.89. The molecule has 0 bridgehead atoms. The normalized spacial score (nSPS) is 20.3. The van der Waals surface area contributed by atoms with Crippen molar-refractivity contribution < 1.29 is 9.47 Å². The van der Waals surface area contributed by atoms with Crippen LogP contribution in [0, 0.1) is 0 Å². The number of aromatic nitrogens is 1. The minimum Gasteiger partial charge on any atom is -0.493 e. The molecule has 0 aliphatic carbocycles. The van der Waals surface area contributed by atoms with E-state index in [9.17, 15) is 0 Å². The van der Waals surface area contributed by atoms with Crippen molar-refractivity contribution >= 4 is 0 Å². The molecule has 5 rings (SSSR count). The van der Waals surface area contributed by atoms with Crippen molar-refractivity contribution in [1.82, 2.24) is 9.88 Å². The van der Waals surface area contributed by atoms with Gasteiger partial charge >= 0.3 is 0 Å². The maximum Gasteiger partial charge on any atom is 0.162 e. The number of benzene rings is 2. The minimum absolute atomic E-state index is 0.369. The third-order valence-corrected chi connectivity index (χ3v) is 6.37. The molecule has 29 heavy (non-hydrogen) atoms.